The lowest BCUT2D eigenvalue weighted by Gasteiger charge is -2.32. The molecule has 0 aromatic heterocycles. The molecule has 1 heterocycles. The minimum Gasteiger partial charge on any atom is -0.372 e. The van der Waals surface area contributed by atoms with Crippen molar-refractivity contribution in [3.63, 3.8) is 0 Å². The highest BCUT2D eigenvalue weighted by atomic mass is 15.2. The molecule has 0 saturated carbocycles. The fourth-order valence-corrected chi connectivity index (χ4v) is 2.49. The molecule has 0 aromatic carbocycles. The summed E-state index contributed by atoms with van der Waals surface area (Å²) in [5, 5.41) is 0. The van der Waals surface area contributed by atoms with Gasteiger partial charge in [0.25, 0.3) is 0 Å². The van der Waals surface area contributed by atoms with Crippen LogP contribution in [0.5, 0.6) is 0 Å². The second-order valence-corrected chi connectivity index (χ2v) is 5.25. The van der Waals surface area contributed by atoms with E-state index in [0.717, 1.165) is 0 Å². The first kappa shape index (κ1) is 12.6. The molecule has 88 valence electrons. The molecule has 0 unspecified atom stereocenters. The number of nitrogens with zero attached hydrogens (tertiary/aromatic N) is 1. The summed E-state index contributed by atoms with van der Waals surface area (Å²) in [5.41, 5.74) is 3.14. The molecule has 1 saturated heterocycles. The Hall–Kier alpha value is -0.460. The Morgan fingerprint density at radius 3 is 2.20 bits per heavy atom. The van der Waals surface area contributed by atoms with Crippen LogP contribution in [0.3, 0.4) is 0 Å². The predicted octanol–water partition coefficient (Wildman–Crippen LogP) is 4.34. The van der Waals surface area contributed by atoms with E-state index in [0.29, 0.717) is 6.04 Å². The summed E-state index contributed by atoms with van der Waals surface area (Å²) in [6.45, 7) is 10.4. The third kappa shape index (κ3) is 3.89. The standard InChI is InChI=1S/C14H27N/c1-12(2)14-10-8-6-5-7-9-11-15(14)13(3)4/h13H,5-11H2,1-4H3. The van der Waals surface area contributed by atoms with Crippen LogP contribution < -0.4 is 0 Å². The largest absolute Gasteiger partial charge is 0.372 e. The summed E-state index contributed by atoms with van der Waals surface area (Å²) in [6.07, 6.45) is 8.31. The molecule has 1 heteroatoms. The first-order valence-corrected chi connectivity index (χ1v) is 6.56. The SMILES string of the molecule is CC(C)=C1CCCCCCCN1C(C)C. The maximum Gasteiger partial charge on any atom is 0.0230 e. The summed E-state index contributed by atoms with van der Waals surface area (Å²) in [7, 11) is 0. The lowest BCUT2D eigenvalue weighted by molar-refractivity contribution is 0.269. The molecule has 15 heavy (non-hydrogen) atoms. The number of hydrogen-bond donors (Lipinski definition) is 0. The minimum atomic E-state index is 0.660. The van der Waals surface area contributed by atoms with Crippen LogP contribution >= 0.6 is 0 Å². The molecule has 0 spiro atoms. The molecule has 0 radical (unpaired) electrons. The van der Waals surface area contributed by atoms with Crippen LogP contribution in [-0.4, -0.2) is 17.5 Å². The van der Waals surface area contributed by atoms with Crippen molar-refractivity contribution in [3.05, 3.63) is 11.3 Å². The summed E-state index contributed by atoms with van der Waals surface area (Å²) < 4.78 is 0. The molecule has 0 N–H and O–H groups in total. The number of hydrogen-bond acceptors (Lipinski definition) is 1. The van der Waals surface area contributed by atoms with Crippen molar-refractivity contribution >= 4 is 0 Å². The monoisotopic (exact) mass is 209 g/mol. The number of rotatable bonds is 1. The van der Waals surface area contributed by atoms with Gasteiger partial charge in [-0.3, -0.25) is 0 Å². The van der Waals surface area contributed by atoms with Crippen molar-refractivity contribution in [2.45, 2.75) is 72.3 Å². The van der Waals surface area contributed by atoms with E-state index in [-0.39, 0.29) is 0 Å². The topological polar surface area (TPSA) is 3.24 Å². The van der Waals surface area contributed by atoms with Crippen LogP contribution in [0.25, 0.3) is 0 Å². The van der Waals surface area contributed by atoms with Crippen LogP contribution in [0.2, 0.25) is 0 Å². The van der Waals surface area contributed by atoms with E-state index in [4.69, 9.17) is 0 Å². The Morgan fingerprint density at radius 2 is 1.60 bits per heavy atom. The van der Waals surface area contributed by atoms with Crippen molar-refractivity contribution in [1.29, 1.82) is 0 Å². The zero-order valence-electron chi connectivity index (χ0n) is 11.0. The van der Waals surface area contributed by atoms with Crippen molar-refractivity contribution in [1.82, 2.24) is 4.90 Å². The van der Waals surface area contributed by atoms with E-state index in [2.05, 4.69) is 32.6 Å². The zero-order chi connectivity index (χ0) is 11.3. The minimum absolute atomic E-state index is 0.660. The van der Waals surface area contributed by atoms with Gasteiger partial charge < -0.3 is 4.90 Å². The Labute approximate surface area is 95.5 Å². The maximum absolute atomic E-state index is 2.63. The van der Waals surface area contributed by atoms with Gasteiger partial charge in [-0.15, -0.1) is 0 Å². The molecule has 0 aromatic rings. The second kappa shape index (κ2) is 6.19. The van der Waals surface area contributed by atoms with Gasteiger partial charge in [-0.2, -0.15) is 0 Å². The first-order chi connectivity index (χ1) is 7.13. The molecule has 1 nitrogen and oxygen atoms in total. The quantitative estimate of drug-likeness (QED) is 0.621. The maximum atomic E-state index is 2.63. The Kier molecular flexibility index (Phi) is 5.21. The summed E-state index contributed by atoms with van der Waals surface area (Å²) in [6, 6.07) is 0.660. The molecule has 0 atom stereocenters. The Balaban J connectivity index is 2.78. The lowest BCUT2D eigenvalue weighted by atomic mass is 10.1. The zero-order valence-corrected chi connectivity index (χ0v) is 11.0. The van der Waals surface area contributed by atoms with Crippen LogP contribution in [0.1, 0.15) is 66.2 Å². The highest BCUT2D eigenvalue weighted by molar-refractivity contribution is 5.10. The smallest absolute Gasteiger partial charge is 0.0230 e. The van der Waals surface area contributed by atoms with Crippen LogP contribution in [0, 0.1) is 0 Å². The van der Waals surface area contributed by atoms with Crippen molar-refractivity contribution in [2.24, 2.45) is 0 Å². The van der Waals surface area contributed by atoms with Gasteiger partial charge >= 0.3 is 0 Å². The average Bonchev–Trinajstić information content (AvgIpc) is 2.27. The highest BCUT2D eigenvalue weighted by Crippen LogP contribution is 2.23. The van der Waals surface area contributed by atoms with E-state index in [1.54, 1.807) is 5.70 Å². The van der Waals surface area contributed by atoms with E-state index in [1.807, 2.05) is 0 Å². The third-order valence-electron chi connectivity index (χ3n) is 3.36. The second-order valence-electron chi connectivity index (χ2n) is 5.25. The Bertz CT molecular complexity index is 211. The fourth-order valence-electron chi connectivity index (χ4n) is 2.49. The first-order valence-electron chi connectivity index (χ1n) is 6.56. The van der Waals surface area contributed by atoms with E-state index >= 15 is 0 Å². The van der Waals surface area contributed by atoms with E-state index in [1.165, 1.54) is 50.6 Å². The normalized spacial score (nSPS) is 19.8. The molecule has 0 bridgehead atoms. The molecular formula is C14H27N. The van der Waals surface area contributed by atoms with Gasteiger partial charge in [0.2, 0.25) is 0 Å². The molecule has 1 fully saturated rings. The summed E-state index contributed by atoms with van der Waals surface area (Å²) in [5.74, 6) is 0. The van der Waals surface area contributed by atoms with Gasteiger partial charge in [-0.05, 0) is 47.0 Å². The number of allylic oxidation sites excluding steroid dienone is 2. The summed E-state index contributed by atoms with van der Waals surface area (Å²) >= 11 is 0. The molecule has 1 aliphatic heterocycles. The molecule has 0 aliphatic carbocycles. The van der Waals surface area contributed by atoms with E-state index in [9.17, 15) is 0 Å². The van der Waals surface area contributed by atoms with Gasteiger partial charge in [0, 0.05) is 18.3 Å². The van der Waals surface area contributed by atoms with Gasteiger partial charge in [0.1, 0.15) is 0 Å². The van der Waals surface area contributed by atoms with Gasteiger partial charge in [-0.1, -0.05) is 24.8 Å². The average molecular weight is 209 g/mol. The molecule has 0 amide bonds. The molecule has 1 aliphatic rings. The molecule has 1 rings (SSSR count). The van der Waals surface area contributed by atoms with Gasteiger partial charge in [-0.25, -0.2) is 0 Å². The van der Waals surface area contributed by atoms with Crippen molar-refractivity contribution < 1.29 is 0 Å². The van der Waals surface area contributed by atoms with Crippen LogP contribution in [0.15, 0.2) is 11.3 Å². The van der Waals surface area contributed by atoms with Crippen molar-refractivity contribution in [2.75, 3.05) is 6.54 Å². The van der Waals surface area contributed by atoms with Crippen LogP contribution in [-0.2, 0) is 0 Å². The van der Waals surface area contributed by atoms with Gasteiger partial charge in [0.05, 0.1) is 0 Å². The van der Waals surface area contributed by atoms with Crippen LogP contribution in [0.4, 0.5) is 0 Å². The van der Waals surface area contributed by atoms with Crippen molar-refractivity contribution in [3.8, 4) is 0 Å². The summed E-state index contributed by atoms with van der Waals surface area (Å²) in [4.78, 5) is 2.63. The predicted molar refractivity (Wildman–Crippen MR) is 67.9 cm³/mol. The van der Waals surface area contributed by atoms with Gasteiger partial charge in [0.15, 0.2) is 0 Å². The Morgan fingerprint density at radius 1 is 1.00 bits per heavy atom. The van der Waals surface area contributed by atoms with E-state index < -0.39 is 0 Å². The third-order valence-corrected chi connectivity index (χ3v) is 3.36. The highest BCUT2D eigenvalue weighted by Gasteiger charge is 2.15. The molecular weight excluding hydrogens is 182 g/mol. The fraction of sp³-hybridized carbons (Fsp3) is 0.857. The lowest BCUT2D eigenvalue weighted by Crippen LogP contribution is -2.31.